The van der Waals surface area contributed by atoms with Crippen molar-refractivity contribution >= 4 is 21.7 Å². The Morgan fingerprint density at radius 3 is 2.47 bits per heavy atom. The molecule has 0 aliphatic heterocycles. The lowest BCUT2D eigenvalue weighted by Crippen LogP contribution is -2.09. The van der Waals surface area contributed by atoms with Gasteiger partial charge in [-0.25, -0.2) is 0 Å². The van der Waals surface area contributed by atoms with Gasteiger partial charge in [-0.05, 0) is 34.1 Å². The van der Waals surface area contributed by atoms with Crippen molar-refractivity contribution in [2.45, 2.75) is 0 Å². The smallest absolute Gasteiger partial charge is 0.164 e. The molecule has 1 N–H and O–H groups in total. The average Bonchev–Trinajstić information content (AvgIpc) is 2.79. The van der Waals surface area contributed by atoms with E-state index in [2.05, 4.69) is 26.1 Å². The molecule has 0 aliphatic carbocycles. The van der Waals surface area contributed by atoms with Crippen LogP contribution in [0.25, 0.3) is 11.3 Å². The van der Waals surface area contributed by atoms with Crippen LogP contribution in [0.2, 0.25) is 0 Å². The number of methoxy groups -OCH3 is 2. The van der Waals surface area contributed by atoms with Gasteiger partial charge in [-0.15, -0.1) is 0 Å². The minimum Gasteiger partial charge on any atom is -0.497 e. The molecule has 2 aromatic rings. The van der Waals surface area contributed by atoms with E-state index in [1.165, 1.54) is 0 Å². The van der Waals surface area contributed by atoms with Crippen molar-refractivity contribution in [1.82, 2.24) is 10.2 Å². The molecular weight excluding hydrogens is 310 g/mol. The van der Waals surface area contributed by atoms with Crippen LogP contribution in [0.3, 0.4) is 0 Å². The number of H-pyrrole nitrogens is 1. The Hall–Kier alpha value is -1.69. The van der Waals surface area contributed by atoms with Gasteiger partial charge in [-0.2, -0.15) is 5.10 Å². The second-order valence-corrected chi connectivity index (χ2v) is 4.99. The molecule has 1 heterocycles. The van der Waals surface area contributed by atoms with Crippen LogP contribution in [0.1, 0.15) is 0 Å². The molecule has 0 unspecified atom stereocenters. The van der Waals surface area contributed by atoms with Crippen molar-refractivity contribution < 1.29 is 9.47 Å². The summed E-state index contributed by atoms with van der Waals surface area (Å²) < 4.78 is 11.5. The normalized spacial score (nSPS) is 10.4. The Labute approximate surface area is 120 Å². The lowest BCUT2D eigenvalue weighted by atomic mass is 10.1. The molecule has 2 rings (SSSR count). The highest BCUT2D eigenvalue weighted by Gasteiger charge is 2.17. The average molecular weight is 326 g/mol. The zero-order valence-corrected chi connectivity index (χ0v) is 12.9. The Morgan fingerprint density at radius 2 is 1.95 bits per heavy atom. The summed E-state index contributed by atoms with van der Waals surface area (Å²) in [5.41, 5.74) is 1.76. The summed E-state index contributed by atoms with van der Waals surface area (Å²) in [5.74, 6) is 2.36. The standard InChI is InChI=1S/C13H16BrN3O2/c1-17(2)13-11(14)12(15-16-13)9-7-8(18-3)5-6-10(9)19-4/h5-7H,1-4H3,(H,15,16). The van der Waals surface area contributed by atoms with E-state index in [0.717, 1.165) is 33.0 Å². The van der Waals surface area contributed by atoms with E-state index in [1.807, 2.05) is 37.2 Å². The molecule has 1 aromatic heterocycles. The summed E-state index contributed by atoms with van der Waals surface area (Å²) in [5, 5.41) is 7.30. The molecule has 102 valence electrons. The minimum absolute atomic E-state index is 0.760. The molecule has 0 amide bonds. The molecule has 5 nitrogen and oxygen atoms in total. The number of rotatable bonds is 4. The Bertz CT molecular complexity index is 581. The summed E-state index contributed by atoms with van der Waals surface area (Å²) in [6, 6.07) is 5.65. The Balaban J connectivity index is 2.57. The molecule has 0 radical (unpaired) electrons. The number of anilines is 1. The number of aromatic nitrogens is 2. The fraction of sp³-hybridized carbons (Fsp3) is 0.308. The highest BCUT2D eigenvalue weighted by molar-refractivity contribution is 9.10. The maximum Gasteiger partial charge on any atom is 0.164 e. The molecule has 0 spiro atoms. The summed E-state index contributed by atoms with van der Waals surface area (Å²) in [4.78, 5) is 1.93. The van der Waals surface area contributed by atoms with Gasteiger partial charge in [0.05, 0.1) is 24.4 Å². The highest BCUT2D eigenvalue weighted by Crippen LogP contribution is 2.39. The number of halogens is 1. The van der Waals surface area contributed by atoms with Crippen LogP contribution >= 0.6 is 15.9 Å². The molecule has 0 fully saturated rings. The van der Waals surface area contributed by atoms with Gasteiger partial charge in [-0.3, -0.25) is 5.10 Å². The first kappa shape index (κ1) is 13.7. The van der Waals surface area contributed by atoms with E-state index >= 15 is 0 Å². The van der Waals surface area contributed by atoms with E-state index in [9.17, 15) is 0 Å². The van der Waals surface area contributed by atoms with Gasteiger partial charge in [0.1, 0.15) is 11.5 Å². The number of hydrogen-bond donors (Lipinski definition) is 1. The second-order valence-electron chi connectivity index (χ2n) is 4.20. The molecule has 19 heavy (non-hydrogen) atoms. The second kappa shape index (κ2) is 5.52. The molecule has 0 atom stereocenters. The number of ether oxygens (including phenoxy) is 2. The lowest BCUT2D eigenvalue weighted by molar-refractivity contribution is 0.404. The van der Waals surface area contributed by atoms with Crippen LogP contribution in [0.15, 0.2) is 22.7 Å². The van der Waals surface area contributed by atoms with Gasteiger partial charge in [0.2, 0.25) is 0 Å². The van der Waals surface area contributed by atoms with E-state index in [0.29, 0.717) is 0 Å². The van der Waals surface area contributed by atoms with Crippen LogP contribution in [0.5, 0.6) is 11.5 Å². The van der Waals surface area contributed by atoms with Crippen LogP contribution in [-0.4, -0.2) is 38.5 Å². The molecule has 6 heteroatoms. The van der Waals surface area contributed by atoms with Crippen molar-refractivity contribution in [3.63, 3.8) is 0 Å². The molecule has 0 saturated carbocycles. The van der Waals surface area contributed by atoms with Gasteiger partial charge in [0.15, 0.2) is 5.82 Å². The summed E-state index contributed by atoms with van der Waals surface area (Å²) in [7, 11) is 7.16. The van der Waals surface area contributed by atoms with Gasteiger partial charge in [0, 0.05) is 19.7 Å². The zero-order valence-electron chi connectivity index (χ0n) is 11.3. The fourth-order valence-electron chi connectivity index (χ4n) is 1.80. The Morgan fingerprint density at radius 1 is 1.21 bits per heavy atom. The van der Waals surface area contributed by atoms with E-state index in [-0.39, 0.29) is 0 Å². The molecule has 0 bridgehead atoms. The largest absolute Gasteiger partial charge is 0.497 e. The minimum atomic E-state index is 0.760. The molecule has 0 aliphatic rings. The van der Waals surface area contributed by atoms with Crippen molar-refractivity contribution in [2.75, 3.05) is 33.2 Å². The van der Waals surface area contributed by atoms with Gasteiger partial charge in [-0.1, -0.05) is 0 Å². The fourth-order valence-corrected chi connectivity index (χ4v) is 2.55. The van der Waals surface area contributed by atoms with E-state index in [1.54, 1.807) is 14.2 Å². The topological polar surface area (TPSA) is 50.4 Å². The van der Waals surface area contributed by atoms with E-state index < -0.39 is 0 Å². The van der Waals surface area contributed by atoms with Crippen LogP contribution in [0.4, 0.5) is 5.82 Å². The SMILES string of the molecule is COc1ccc(OC)c(-c2[nH]nc(N(C)C)c2Br)c1. The summed E-state index contributed by atoms with van der Waals surface area (Å²) >= 11 is 3.57. The number of nitrogens with zero attached hydrogens (tertiary/aromatic N) is 2. The number of nitrogens with one attached hydrogen (secondary N) is 1. The van der Waals surface area contributed by atoms with Crippen molar-refractivity contribution in [1.29, 1.82) is 0 Å². The highest BCUT2D eigenvalue weighted by atomic mass is 79.9. The molecule has 0 saturated heterocycles. The number of hydrogen-bond acceptors (Lipinski definition) is 4. The quantitative estimate of drug-likeness (QED) is 0.939. The number of benzene rings is 1. The van der Waals surface area contributed by atoms with Gasteiger partial charge < -0.3 is 14.4 Å². The molecule has 1 aromatic carbocycles. The summed E-state index contributed by atoms with van der Waals surface area (Å²) in [6.45, 7) is 0. The van der Waals surface area contributed by atoms with Crippen LogP contribution in [-0.2, 0) is 0 Å². The monoisotopic (exact) mass is 325 g/mol. The Kier molecular flexibility index (Phi) is 3.99. The third kappa shape index (κ3) is 2.53. The van der Waals surface area contributed by atoms with Crippen LogP contribution in [0, 0.1) is 0 Å². The van der Waals surface area contributed by atoms with Crippen LogP contribution < -0.4 is 14.4 Å². The maximum atomic E-state index is 5.39. The zero-order chi connectivity index (χ0) is 14.0. The van der Waals surface area contributed by atoms with Crippen molar-refractivity contribution in [3.05, 3.63) is 22.7 Å². The summed E-state index contributed by atoms with van der Waals surface area (Å²) in [6.07, 6.45) is 0. The predicted octanol–water partition coefficient (Wildman–Crippen LogP) is 2.92. The first-order valence-electron chi connectivity index (χ1n) is 5.72. The van der Waals surface area contributed by atoms with Gasteiger partial charge in [0.25, 0.3) is 0 Å². The number of aromatic amines is 1. The maximum absolute atomic E-state index is 5.39. The lowest BCUT2D eigenvalue weighted by Gasteiger charge is -2.11. The first-order chi connectivity index (χ1) is 9.08. The van der Waals surface area contributed by atoms with Crippen molar-refractivity contribution in [2.24, 2.45) is 0 Å². The van der Waals surface area contributed by atoms with Crippen molar-refractivity contribution in [3.8, 4) is 22.8 Å². The first-order valence-corrected chi connectivity index (χ1v) is 6.51. The molecular formula is C13H16BrN3O2. The third-order valence-electron chi connectivity index (χ3n) is 2.79. The van der Waals surface area contributed by atoms with E-state index in [4.69, 9.17) is 9.47 Å². The predicted molar refractivity (Wildman–Crippen MR) is 79.2 cm³/mol. The third-order valence-corrected chi connectivity index (χ3v) is 3.54. The van der Waals surface area contributed by atoms with Gasteiger partial charge >= 0.3 is 0 Å².